The van der Waals surface area contributed by atoms with Gasteiger partial charge in [-0.2, -0.15) is 0 Å². The van der Waals surface area contributed by atoms with Crippen LogP contribution < -0.4 is 9.64 Å². The molecule has 0 bridgehead atoms. The molecule has 4 heteroatoms. The van der Waals surface area contributed by atoms with E-state index < -0.39 is 0 Å². The average Bonchev–Trinajstić information content (AvgIpc) is 2.70. The number of benzene rings is 1. The van der Waals surface area contributed by atoms with E-state index in [9.17, 15) is 0 Å². The molecule has 0 aromatic heterocycles. The zero-order chi connectivity index (χ0) is 14.7. The number of nitrogens with zero attached hydrogens (tertiary/aromatic N) is 2. The molecule has 2 aliphatic rings. The molecule has 0 spiro atoms. The topological polar surface area (TPSA) is 15.7 Å². The fraction of sp³-hybridized carbons (Fsp3) is 0.235. The number of likely N-dealkylation sites (N-methyl/N-ethyl adjacent to an activating group) is 1. The van der Waals surface area contributed by atoms with Gasteiger partial charge < -0.3 is 12.8 Å². The molecule has 2 aliphatic heterocycles. The highest BCUT2D eigenvalue weighted by Crippen LogP contribution is 2.31. The Balaban J connectivity index is 1.79. The lowest BCUT2D eigenvalue weighted by atomic mass is 10.1. The summed E-state index contributed by atoms with van der Waals surface area (Å²) in [5.74, 6) is 0.980. The standard InChI is InChI=1S/C17H19IN2O/c1-19-11-12-21-17-13-15(5-6-16(17)19)4-3-14-7-9-18-20(2)10-8-14/h3-10,13H,11-12H2,1-2H3. The first kappa shape index (κ1) is 14.4. The van der Waals surface area contributed by atoms with Crippen LogP contribution in [0.5, 0.6) is 5.75 Å². The van der Waals surface area contributed by atoms with Crippen LogP contribution in [0.4, 0.5) is 5.69 Å². The molecule has 0 amide bonds. The SMILES string of the molecule is CN1C=CC(C=Cc2ccc3c(c2)OCCN3C)=CC=I1. The zero-order valence-corrected chi connectivity index (χ0v) is 14.4. The van der Waals surface area contributed by atoms with E-state index in [1.165, 1.54) is 16.8 Å². The van der Waals surface area contributed by atoms with Gasteiger partial charge in [-0.1, -0.05) is 18.2 Å². The number of rotatable bonds is 2. The molecule has 0 radical (unpaired) electrons. The normalized spacial score (nSPS) is 17.9. The van der Waals surface area contributed by atoms with Crippen molar-refractivity contribution in [1.29, 1.82) is 0 Å². The Kier molecular flexibility index (Phi) is 4.43. The Morgan fingerprint density at radius 2 is 2.14 bits per heavy atom. The fourth-order valence-corrected chi connectivity index (χ4v) is 3.68. The van der Waals surface area contributed by atoms with E-state index in [0.29, 0.717) is 0 Å². The molecule has 1 aromatic carbocycles. The predicted octanol–water partition coefficient (Wildman–Crippen LogP) is 3.60. The maximum atomic E-state index is 5.75. The molecular formula is C17H19IN2O. The molecule has 0 unspecified atom stereocenters. The largest absolute Gasteiger partial charge is 0.490 e. The van der Waals surface area contributed by atoms with Crippen LogP contribution in [-0.2, 0) is 0 Å². The highest BCUT2D eigenvalue weighted by molar-refractivity contribution is 14.2. The second kappa shape index (κ2) is 6.47. The summed E-state index contributed by atoms with van der Waals surface area (Å²) in [6.45, 7) is 1.71. The lowest BCUT2D eigenvalue weighted by Gasteiger charge is -2.27. The molecular weight excluding hydrogens is 375 g/mol. The highest BCUT2D eigenvalue weighted by Gasteiger charge is 2.14. The lowest BCUT2D eigenvalue weighted by Crippen LogP contribution is -2.28. The van der Waals surface area contributed by atoms with Gasteiger partial charge in [0.1, 0.15) is 12.4 Å². The van der Waals surface area contributed by atoms with Crippen molar-refractivity contribution in [3.63, 3.8) is 0 Å². The van der Waals surface area contributed by atoms with Gasteiger partial charge in [-0.25, -0.2) is 0 Å². The van der Waals surface area contributed by atoms with E-state index in [0.717, 1.165) is 18.9 Å². The van der Waals surface area contributed by atoms with Gasteiger partial charge in [0.2, 0.25) is 0 Å². The quantitative estimate of drug-likeness (QED) is 0.563. The molecule has 0 atom stereocenters. The van der Waals surface area contributed by atoms with E-state index in [4.69, 9.17) is 4.74 Å². The van der Waals surface area contributed by atoms with Crippen LogP contribution in [0.25, 0.3) is 6.08 Å². The number of fused-ring (bicyclic) bond motifs is 1. The molecule has 0 aliphatic carbocycles. The minimum atomic E-state index is 0.00398. The number of ether oxygens (including phenoxy) is 1. The van der Waals surface area contributed by atoms with Crippen molar-refractivity contribution >= 4 is 36.8 Å². The molecule has 0 saturated heterocycles. The number of anilines is 1. The fourth-order valence-electron chi connectivity index (χ4n) is 2.25. The number of hydrogen-bond donors (Lipinski definition) is 0. The maximum Gasteiger partial charge on any atom is 0.143 e. The molecule has 3 rings (SSSR count). The van der Waals surface area contributed by atoms with Crippen molar-refractivity contribution in [3.05, 3.63) is 53.8 Å². The van der Waals surface area contributed by atoms with Crippen LogP contribution in [0.3, 0.4) is 0 Å². The van der Waals surface area contributed by atoms with E-state index in [2.05, 4.69) is 74.8 Å². The molecule has 110 valence electrons. The molecule has 0 fully saturated rings. The highest BCUT2D eigenvalue weighted by atomic mass is 127. The van der Waals surface area contributed by atoms with Gasteiger partial charge in [0.25, 0.3) is 0 Å². The van der Waals surface area contributed by atoms with Gasteiger partial charge >= 0.3 is 0 Å². The number of halogens is 1. The third-order valence-electron chi connectivity index (χ3n) is 3.49. The number of hydrogen-bond acceptors (Lipinski definition) is 3. The summed E-state index contributed by atoms with van der Waals surface area (Å²) in [4.78, 5) is 2.23. The smallest absolute Gasteiger partial charge is 0.143 e. The minimum Gasteiger partial charge on any atom is -0.490 e. The molecule has 2 heterocycles. The summed E-state index contributed by atoms with van der Waals surface area (Å²) >= 11 is 0.00398. The molecule has 21 heavy (non-hydrogen) atoms. The Morgan fingerprint density at radius 3 is 3.05 bits per heavy atom. The average molecular weight is 394 g/mol. The minimum absolute atomic E-state index is 0.00398. The summed E-state index contributed by atoms with van der Waals surface area (Å²) in [5.41, 5.74) is 3.58. The van der Waals surface area contributed by atoms with Crippen molar-refractivity contribution < 1.29 is 4.74 Å². The Bertz CT molecular complexity index is 646. The Labute approximate surface area is 136 Å². The van der Waals surface area contributed by atoms with Gasteiger partial charge in [0, 0.05) is 20.3 Å². The third-order valence-corrected chi connectivity index (χ3v) is 5.37. The van der Waals surface area contributed by atoms with Crippen LogP contribution in [0.1, 0.15) is 5.56 Å². The van der Waals surface area contributed by atoms with Crippen LogP contribution in [0.2, 0.25) is 0 Å². The van der Waals surface area contributed by atoms with Crippen LogP contribution in [-0.4, -0.2) is 34.4 Å². The summed E-state index contributed by atoms with van der Waals surface area (Å²) in [6, 6.07) is 6.40. The molecule has 1 aromatic rings. The maximum absolute atomic E-state index is 5.75. The van der Waals surface area contributed by atoms with Gasteiger partial charge in [0.05, 0.1) is 12.2 Å². The lowest BCUT2D eigenvalue weighted by molar-refractivity contribution is 0.311. The van der Waals surface area contributed by atoms with Crippen LogP contribution >= 0.6 is 21.0 Å². The first-order valence-corrected chi connectivity index (χ1v) is 9.18. The van der Waals surface area contributed by atoms with Crippen molar-refractivity contribution in [1.82, 2.24) is 3.11 Å². The summed E-state index contributed by atoms with van der Waals surface area (Å²) in [6.07, 6.45) is 10.8. The van der Waals surface area contributed by atoms with E-state index >= 15 is 0 Å². The van der Waals surface area contributed by atoms with Gasteiger partial charge in [-0.15, -0.1) is 0 Å². The Hall–Kier alpha value is -1.56. The second-order valence-corrected chi connectivity index (χ2v) is 7.86. The first-order chi connectivity index (χ1) is 10.2. The van der Waals surface area contributed by atoms with Gasteiger partial charge in [0.15, 0.2) is 0 Å². The van der Waals surface area contributed by atoms with Crippen molar-refractivity contribution in [2.75, 3.05) is 32.1 Å². The second-order valence-electron chi connectivity index (χ2n) is 5.06. The van der Waals surface area contributed by atoms with Crippen molar-refractivity contribution in [2.24, 2.45) is 0 Å². The predicted molar refractivity (Wildman–Crippen MR) is 99.3 cm³/mol. The van der Waals surface area contributed by atoms with E-state index in [1.807, 2.05) is 0 Å². The summed E-state index contributed by atoms with van der Waals surface area (Å²) in [7, 11) is 4.23. The van der Waals surface area contributed by atoms with Crippen LogP contribution in [0, 0.1) is 0 Å². The van der Waals surface area contributed by atoms with Crippen LogP contribution in [0.15, 0.2) is 48.2 Å². The zero-order valence-electron chi connectivity index (χ0n) is 12.3. The monoisotopic (exact) mass is 394 g/mol. The third kappa shape index (κ3) is 3.56. The molecule has 0 saturated carbocycles. The van der Waals surface area contributed by atoms with Gasteiger partial charge in [-0.05, 0) is 60.4 Å². The number of allylic oxidation sites excluding steroid dienone is 4. The Morgan fingerprint density at radius 1 is 1.24 bits per heavy atom. The summed E-state index contributed by atoms with van der Waals surface area (Å²) in [5, 5.41) is 0. The summed E-state index contributed by atoms with van der Waals surface area (Å²) < 4.78 is 10.3. The first-order valence-electron chi connectivity index (χ1n) is 6.97. The van der Waals surface area contributed by atoms with E-state index in [1.54, 1.807) is 0 Å². The molecule has 3 nitrogen and oxygen atoms in total. The molecule has 0 N–H and O–H groups in total. The van der Waals surface area contributed by atoms with Crippen molar-refractivity contribution in [3.8, 4) is 5.75 Å². The van der Waals surface area contributed by atoms with Crippen molar-refractivity contribution in [2.45, 2.75) is 0 Å². The van der Waals surface area contributed by atoms with Gasteiger partial charge in [-0.3, -0.25) is 0 Å². The van der Waals surface area contributed by atoms with E-state index in [-0.39, 0.29) is 21.0 Å².